The summed E-state index contributed by atoms with van der Waals surface area (Å²) in [5.41, 5.74) is 4.00. The average Bonchev–Trinajstić information content (AvgIpc) is 3.09. The molecule has 1 N–H and O–H groups in total. The van der Waals surface area contributed by atoms with E-state index in [0.29, 0.717) is 32.0 Å². The van der Waals surface area contributed by atoms with Crippen LogP contribution < -0.4 is 5.32 Å². The Morgan fingerprint density at radius 3 is 2.66 bits per heavy atom. The summed E-state index contributed by atoms with van der Waals surface area (Å²) in [6, 6.07) is 13.4. The quantitative estimate of drug-likeness (QED) is 0.741. The summed E-state index contributed by atoms with van der Waals surface area (Å²) < 4.78 is 6.93. The first-order chi connectivity index (χ1) is 14.0. The van der Waals surface area contributed by atoms with Crippen molar-refractivity contribution in [3.05, 3.63) is 59.3 Å². The molecule has 1 aliphatic heterocycles. The molecule has 0 spiro atoms. The minimum Gasteiger partial charge on any atom is -0.378 e. The van der Waals surface area contributed by atoms with Gasteiger partial charge in [-0.25, -0.2) is 0 Å². The number of hydrogen-bond donors (Lipinski definition) is 1. The molecule has 0 aliphatic carbocycles. The topological polar surface area (TPSA) is 76.5 Å². The van der Waals surface area contributed by atoms with Crippen LogP contribution in [0.4, 0.5) is 5.69 Å². The van der Waals surface area contributed by atoms with Crippen molar-refractivity contribution >= 4 is 28.4 Å². The number of anilines is 1. The molecule has 1 aromatic heterocycles. The number of rotatable bonds is 4. The van der Waals surface area contributed by atoms with Gasteiger partial charge in [0.1, 0.15) is 6.54 Å². The van der Waals surface area contributed by atoms with Crippen LogP contribution in [0.25, 0.3) is 10.9 Å². The number of carbonyl (C=O) groups is 2. The molecule has 2 heterocycles. The van der Waals surface area contributed by atoms with Crippen molar-refractivity contribution in [1.82, 2.24) is 14.7 Å². The molecule has 2 amide bonds. The van der Waals surface area contributed by atoms with E-state index in [2.05, 4.69) is 10.4 Å². The third-order valence-corrected chi connectivity index (χ3v) is 5.12. The number of para-hydroxylation sites is 1. The molecule has 2 aromatic carbocycles. The number of hydrogen-bond acceptors (Lipinski definition) is 4. The number of ether oxygens (including phenoxy) is 1. The summed E-state index contributed by atoms with van der Waals surface area (Å²) in [6.07, 6.45) is 0. The maximum atomic E-state index is 13.0. The average molecular weight is 392 g/mol. The van der Waals surface area contributed by atoms with Gasteiger partial charge in [0, 0.05) is 24.2 Å². The van der Waals surface area contributed by atoms with Gasteiger partial charge in [-0.2, -0.15) is 5.10 Å². The van der Waals surface area contributed by atoms with Crippen LogP contribution in [0.2, 0.25) is 0 Å². The molecule has 150 valence electrons. The van der Waals surface area contributed by atoms with Crippen molar-refractivity contribution in [3.8, 4) is 0 Å². The van der Waals surface area contributed by atoms with Gasteiger partial charge in [-0.05, 0) is 37.1 Å². The summed E-state index contributed by atoms with van der Waals surface area (Å²) in [5, 5.41) is 8.22. The molecule has 3 aromatic rings. The fourth-order valence-electron chi connectivity index (χ4n) is 3.52. The highest BCUT2D eigenvalue weighted by atomic mass is 16.5. The molecule has 29 heavy (non-hydrogen) atoms. The zero-order valence-corrected chi connectivity index (χ0v) is 16.6. The Labute approximate surface area is 169 Å². The first-order valence-corrected chi connectivity index (χ1v) is 9.72. The van der Waals surface area contributed by atoms with Gasteiger partial charge >= 0.3 is 0 Å². The highest BCUT2D eigenvalue weighted by Crippen LogP contribution is 2.21. The van der Waals surface area contributed by atoms with Crippen molar-refractivity contribution in [2.75, 3.05) is 31.6 Å². The van der Waals surface area contributed by atoms with Crippen molar-refractivity contribution in [2.24, 2.45) is 0 Å². The van der Waals surface area contributed by atoms with Crippen LogP contribution in [0.5, 0.6) is 0 Å². The molecule has 0 atom stereocenters. The molecule has 0 radical (unpaired) electrons. The van der Waals surface area contributed by atoms with Crippen molar-refractivity contribution in [1.29, 1.82) is 0 Å². The third-order valence-electron chi connectivity index (χ3n) is 5.12. The minimum atomic E-state index is -0.183. The molecule has 7 heteroatoms. The molecule has 0 saturated carbocycles. The number of carbonyl (C=O) groups excluding carboxylic acids is 2. The van der Waals surface area contributed by atoms with Gasteiger partial charge in [0.05, 0.1) is 18.7 Å². The SMILES string of the molecule is Cc1ccc(C)c(NC(=O)Cn2nc(C(=O)N3CCOCC3)c3ccccc32)c1. The van der Waals surface area contributed by atoms with Crippen LogP contribution in [0, 0.1) is 13.8 Å². The second kappa shape index (κ2) is 8.05. The summed E-state index contributed by atoms with van der Waals surface area (Å²) in [5.74, 6) is -0.310. The van der Waals surface area contributed by atoms with Crippen molar-refractivity contribution in [2.45, 2.75) is 20.4 Å². The summed E-state index contributed by atoms with van der Waals surface area (Å²) >= 11 is 0. The lowest BCUT2D eigenvalue weighted by atomic mass is 10.1. The molecule has 4 rings (SSSR count). The molecule has 1 fully saturated rings. The van der Waals surface area contributed by atoms with Gasteiger partial charge in [-0.1, -0.05) is 30.3 Å². The lowest BCUT2D eigenvalue weighted by Gasteiger charge is -2.26. The van der Waals surface area contributed by atoms with E-state index in [9.17, 15) is 9.59 Å². The molecular formula is C22H24N4O3. The minimum absolute atomic E-state index is 0.0320. The Hall–Kier alpha value is -3.19. The maximum Gasteiger partial charge on any atom is 0.275 e. The Morgan fingerprint density at radius 1 is 1.10 bits per heavy atom. The number of benzene rings is 2. The van der Waals surface area contributed by atoms with Gasteiger partial charge in [-0.15, -0.1) is 0 Å². The Morgan fingerprint density at radius 2 is 1.86 bits per heavy atom. The van der Waals surface area contributed by atoms with Gasteiger partial charge in [-0.3, -0.25) is 14.3 Å². The predicted molar refractivity (Wildman–Crippen MR) is 111 cm³/mol. The summed E-state index contributed by atoms with van der Waals surface area (Å²) in [6.45, 7) is 6.13. The maximum absolute atomic E-state index is 13.0. The second-order valence-electron chi connectivity index (χ2n) is 7.29. The summed E-state index contributed by atoms with van der Waals surface area (Å²) in [4.78, 5) is 27.4. The van der Waals surface area contributed by atoms with Gasteiger partial charge in [0.15, 0.2) is 5.69 Å². The van der Waals surface area contributed by atoms with Crippen LogP contribution in [-0.2, 0) is 16.1 Å². The van der Waals surface area contributed by atoms with E-state index < -0.39 is 0 Å². The molecule has 0 unspecified atom stereocenters. The van der Waals surface area contributed by atoms with Crippen LogP contribution in [0.1, 0.15) is 21.6 Å². The van der Waals surface area contributed by atoms with E-state index in [4.69, 9.17) is 4.74 Å². The Kier molecular flexibility index (Phi) is 5.31. The Balaban J connectivity index is 1.60. The largest absolute Gasteiger partial charge is 0.378 e. The lowest BCUT2D eigenvalue weighted by Crippen LogP contribution is -2.41. The zero-order chi connectivity index (χ0) is 20.4. The number of aromatic nitrogens is 2. The zero-order valence-electron chi connectivity index (χ0n) is 16.6. The van der Waals surface area contributed by atoms with E-state index in [1.807, 2.05) is 56.3 Å². The highest BCUT2D eigenvalue weighted by molar-refractivity contribution is 6.05. The first kappa shape index (κ1) is 19.1. The van der Waals surface area contributed by atoms with Gasteiger partial charge in [0.2, 0.25) is 5.91 Å². The number of amides is 2. The fraction of sp³-hybridized carbons (Fsp3) is 0.318. The molecule has 1 aliphatic rings. The molecular weight excluding hydrogens is 368 g/mol. The molecule has 0 bridgehead atoms. The van der Waals surface area contributed by atoms with E-state index in [1.165, 1.54) is 0 Å². The first-order valence-electron chi connectivity index (χ1n) is 9.72. The lowest BCUT2D eigenvalue weighted by molar-refractivity contribution is -0.116. The number of aryl methyl sites for hydroxylation is 2. The fourth-order valence-corrected chi connectivity index (χ4v) is 3.52. The van der Waals surface area contributed by atoms with E-state index in [0.717, 1.165) is 27.7 Å². The van der Waals surface area contributed by atoms with E-state index in [1.54, 1.807) is 9.58 Å². The predicted octanol–water partition coefficient (Wildman–Crippen LogP) is 2.76. The summed E-state index contributed by atoms with van der Waals surface area (Å²) in [7, 11) is 0. The van der Waals surface area contributed by atoms with Gasteiger partial charge < -0.3 is 15.0 Å². The number of morpholine rings is 1. The van der Waals surface area contributed by atoms with E-state index >= 15 is 0 Å². The molecule has 1 saturated heterocycles. The van der Waals surface area contributed by atoms with Crippen LogP contribution in [-0.4, -0.2) is 52.8 Å². The number of fused-ring (bicyclic) bond motifs is 1. The van der Waals surface area contributed by atoms with Crippen LogP contribution >= 0.6 is 0 Å². The van der Waals surface area contributed by atoms with Crippen molar-refractivity contribution in [3.63, 3.8) is 0 Å². The Bertz CT molecular complexity index is 1070. The highest BCUT2D eigenvalue weighted by Gasteiger charge is 2.24. The van der Waals surface area contributed by atoms with Crippen LogP contribution in [0.3, 0.4) is 0 Å². The normalized spacial score (nSPS) is 14.2. The third kappa shape index (κ3) is 4.00. The second-order valence-corrected chi connectivity index (χ2v) is 7.29. The van der Waals surface area contributed by atoms with E-state index in [-0.39, 0.29) is 18.4 Å². The number of nitrogens with one attached hydrogen (secondary N) is 1. The smallest absolute Gasteiger partial charge is 0.275 e. The standard InChI is InChI=1S/C22H24N4O3/c1-15-7-8-16(2)18(13-15)23-20(27)14-26-19-6-4-3-5-17(19)21(24-26)22(28)25-9-11-29-12-10-25/h3-8,13H,9-12,14H2,1-2H3,(H,23,27). The number of nitrogens with zero attached hydrogens (tertiary/aromatic N) is 3. The monoisotopic (exact) mass is 392 g/mol. The van der Waals surface area contributed by atoms with Crippen molar-refractivity contribution < 1.29 is 14.3 Å². The van der Waals surface area contributed by atoms with Crippen LogP contribution in [0.15, 0.2) is 42.5 Å². The molecule has 7 nitrogen and oxygen atoms in total. The van der Waals surface area contributed by atoms with Gasteiger partial charge in [0.25, 0.3) is 5.91 Å².